The van der Waals surface area contributed by atoms with E-state index in [0.717, 1.165) is 27.8 Å². The Kier molecular flexibility index (Phi) is 4.72. The maximum Gasteiger partial charge on any atom is 0.298 e. The molecule has 1 N–H and O–H groups in total. The van der Waals surface area contributed by atoms with Crippen LogP contribution in [-0.4, -0.2) is 17.1 Å². The average Bonchev–Trinajstić information content (AvgIpc) is 2.84. The number of nitrogens with one attached hydrogen (secondary N) is 1. The molecule has 3 rings (SSSR count). The highest BCUT2D eigenvalue weighted by molar-refractivity contribution is 8.19. The average molecular weight is 352 g/mol. The number of imide groups is 1. The first-order valence-corrected chi connectivity index (χ1v) is 8.48. The molecule has 0 atom stereocenters. The van der Waals surface area contributed by atoms with Gasteiger partial charge in [0.05, 0.1) is 10.6 Å². The Hall–Kier alpha value is -2.86. The molecule has 126 valence electrons. The maximum absolute atomic E-state index is 12.6. The SMILES string of the molecule is CC(=O)Nc1ccc(N2C(=O)S/C(=C\c3ccc(C)cc3)C2=O)cc1. The monoisotopic (exact) mass is 352 g/mol. The van der Waals surface area contributed by atoms with E-state index in [4.69, 9.17) is 0 Å². The number of aryl methyl sites for hydroxylation is 1. The van der Waals surface area contributed by atoms with Crippen molar-refractivity contribution in [2.24, 2.45) is 0 Å². The molecule has 1 saturated heterocycles. The molecule has 25 heavy (non-hydrogen) atoms. The summed E-state index contributed by atoms with van der Waals surface area (Å²) in [5.74, 6) is -0.525. The van der Waals surface area contributed by atoms with Crippen molar-refractivity contribution in [2.75, 3.05) is 10.2 Å². The van der Waals surface area contributed by atoms with Crippen molar-refractivity contribution >= 4 is 46.3 Å². The van der Waals surface area contributed by atoms with Crippen LogP contribution >= 0.6 is 11.8 Å². The van der Waals surface area contributed by atoms with Crippen LogP contribution in [0.15, 0.2) is 53.4 Å². The standard InChI is InChI=1S/C19H16N2O3S/c1-12-3-5-14(6-4-12)11-17-18(23)21(19(24)25-17)16-9-7-15(8-10-16)20-13(2)22/h3-11H,1-2H3,(H,20,22)/b17-11-. The van der Waals surface area contributed by atoms with Gasteiger partial charge in [0.15, 0.2) is 0 Å². The van der Waals surface area contributed by atoms with Gasteiger partial charge in [-0.3, -0.25) is 14.4 Å². The molecule has 0 aromatic heterocycles. The van der Waals surface area contributed by atoms with Crippen LogP contribution in [0.2, 0.25) is 0 Å². The van der Waals surface area contributed by atoms with Crippen LogP contribution < -0.4 is 10.2 Å². The van der Waals surface area contributed by atoms with Crippen molar-refractivity contribution in [3.63, 3.8) is 0 Å². The highest BCUT2D eigenvalue weighted by atomic mass is 32.2. The molecule has 3 amide bonds. The minimum Gasteiger partial charge on any atom is -0.326 e. The maximum atomic E-state index is 12.6. The second kappa shape index (κ2) is 6.94. The van der Waals surface area contributed by atoms with Crippen LogP contribution in [0.1, 0.15) is 18.1 Å². The summed E-state index contributed by atoms with van der Waals surface area (Å²) in [4.78, 5) is 37.4. The van der Waals surface area contributed by atoms with E-state index in [1.54, 1.807) is 30.3 Å². The number of benzene rings is 2. The van der Waals surface area contributed by atoms with Crippen molar-refractivity contribution in [2.45, 2.75) is 13.8 Å². The van der Waals surface area contributed by atoms with Gasteiger partial charge in [-0.15, -0.1) is 0 Å². The first-order valence-electron chi connectivity index (χ1n) is 7.66. The third kappa shape index (κ3) is 3.80. The van der Waals surface area contributed by atoms with Gasteiger partial charge in [-0.1, -0.05) is 29.8 Å². The number of anilines is 2. The molecule has 2 aromatic carbocycles. The van der Waals surface area contributed by atoms with Gasteiger partial charge in [0.25, 0.3) is 11.1 Å². The minimum absolute atomic E-state index is 0.181. The molecule has 1 heterocycles. The van der Waals surface area contributed by atoms with Gasteiger partial charge in [0, 0.05) is 12.6 Å². The van der Waals surface area contributed by atoms with Gasteiger partial charge >= 0.3 is 0 Å². The zero-order valence-corrected chi connectivity index (χ0v) is 14.6. The van der Waals surface area contributed by atoms with Crippen LogP contribution in [0, 0.1) is 6.92 Å². The van der Waals surface area contributed by atoms with Crippen molar-refractivity contribution in [3.05, 3.63) is 64.6 Å². The summed E-state index contributed by atoms with van der Waals surface area (Å²) < 4.78 is 0. The molecule has 1 aliphatic heterocycles. The Balaban J connectivity index is 1.83. The molecule has 6 heteroatoms. The second-order valence-corrected chi connectivity index (χ2v) is 6.65. The number of thioether (sulfide) groups is 1. The Morgan fingerprint density at radius 1 is 1.04 bits per heavy atom. The zero-order chi connectivity index (χ0) is 18.0. The van der Waals surface area contributed by atoms with Gasteiger partial charge < -0.3 is 5.32 Å². The van der Waals surface area contributed by atoms with Crippen LogP contribution in [-0.2, 0) is 9.59 Å². The van der Waals surface area contributed by atoms with Crippen LogP contribution in [0.25, 0.3) is 6.08 Å². The number of rotatable bonds is 3. The van der Waals surface area contributed by atoms with Crippen LogP contribution in [0.3, 0.4) is 0 Å². The summed E-state index contributed by atoms with van der Waals surface area (Å²) in [6, 6.07) is 14.3. The predicted octanol–water partition coefficient (Wildman–Crippen LogP) is 4.19. The molecule has 0 aliphatic carbocycles. The third-order valence-electron chi connectivity index (χ3n) is 3.61. The molecule has 0 bridgehead atoms. The lowest BCUT2D eigenvalue weighted by Gasteiger charge is -2.13. The van der Waals surface area contributed by atoms with Crippen LogP contribution in [0.5, 0.6) is 0 Å². The van der Waals surface area contributed by atoms with Gasteiger partial charge in [-0.25, -0.2) is 4.90 Å². The van der Waals surface area contributed by atoms with Crippen molar-refractivity contribution in [1.29, 1.82) is 0 Å². The molecule has 5 nitrogen and oxygen atoms in total. The van der Waals surface area contributed by atoms with Crippen molar-refractivity contribution in [1.82, 2.24) is 0 Å². The van der Waals surface area contributed by atoms with E-state index in [-0.39, 0.29) is 17.1 Å². The summed E-state index contributed by atoms with van der Waals surface area (Å²) in [5.41, 5.74) is 3.09. The Morgan fingerprint density at radius 2 is 1.68 bits per heavy atom. The van der Waals surface area contributed by atoms with Gasteiger partial charge in [0.1, 0.15) is 0 Å². The lowest BCUT2D eigenvalue weighted by molar-refractivity contribution is -0.114. The van der Waals surface area contributed by atoms with Gasteiger partial charge in [-0.2, -0.15) is 0 Å². The number of amides is 3. The van der Waals surface area contributed by atoms with E-state index in [9.17, 15) is 14.4 Å². The molecule has 0 saturated carbocycles. The number of hydrogen-bond acceptors (Lipinski definition) is 4. The number of nitrogens with zero attached hydrogens (tertiary/aromatic N) is 1. The lowest BCUT2D eigenvalue weighted by Crippen LogP contribution is -2.27. The second-order valence-electron chi connectivity index (χ2n) is 5.66. The van der Waals surface area contributed by atoms with Crippen molar-refractivity contribution < 1.29 is 14.4 Å². The van der Waals surface area contributed by atoms with Gasteiger partial charge in [0.2, 0.25) is 5.91 Å². The summed E-state index contributed by atoms with van der Waals surface area (Å²) in [7, 11) is 0. The summed E-state index contributed by atoms with van der Waals surface area (Å²) in [6.45, 7) is 3.41. The summed E-state index contributed by atoms with van der Waals surface area (Å²) in [5, 5.41) is 2.31. The topological polar surface area (TPSA) is 66.5 Å². The molecule has 0 spiro atoms. The fraction of sp³-hybridized carbons (Fsp3) is 0.105. The summed E-state index contributed by atoms with van der Waals surface area (Å²) in [6.07, 6.45) is 1.72. The van der Waals surface area contributed by atoms with E-state index in [0.29, 0.717) is 16.3 Å². The van der Waals surface area contributed by atoms with Crippen molar-refractivity contribution in [3.8, 4) is 0 Å². The molecular formula is C19H16N2O3S. The molecule has 1 aliphatic rings. The number of hydrogen-bond donors (Lipinski definition) is 1. The number of carbonyl (C=O) groups excluding carboxylic acids is 3. The molecule has 0 unspecified atom stereocenters. The summed E-state index contributed by atoms with van der Waals surface area (Å²) >= 11 is 0.919. The van der Waals surface area contributed by atoms with E-state index in [2.05, 4.69) is 5.32 Å². The predicted molar refractivity (Wildman–Crippen MR) is 100 cm³/mol. The Morgan fingerprint density at radius 3 is 2.28 bits per heavy atom. The van der Waals surface area contributed by atoms with E-state index in [1.165, 1.54) is 6.92 Å². The first kappa shape index (κ1) is 17.0. The molecular weight excluding hydrogens is 336 g/mol. The Bertz CT molecular complexity index is 871. The number of carbonyl (C=O) groups is 3. The van der Waals surface area contributed by atoms with E-state index < -0.39 is 0 Å². The molecule has 1 fully saturated rings. The zero-order valence-electron chi connectivity index (χ0n) is 13.8. The third-order valence-corrected chi connectivity index (χ3v) is 4.48. The van der Waals surface area contributed by atoms with E-state index >= 15 is 0 Å². The molecule has 0 radical (unpaired) electrons. The van der Waals surface area contributed by atoms with Gasteiger partial charge in [-0.05, 0) is 54.6 Å². The smallest absolute Gasteiger partial charge is 0.298 e. The molecule has 2 aromatic rings. The highest BCUT2D eigenvalue weighted by Crippen LogP contribution is 2.36. The highest BCUT2D eigenvalue weighted by Gasteiger charge is 2.36. The van der Waals surface area contributed by atoms with E-state index in [1.807, 2.05) is 31.2 Å². The largest absolute Gasteiger partial charge is 0.326 e. The minimum atomic E-state index is -0.345. The fourth-order valence-electron chi connectivity index (χ4n) is 2.40. The first-order chi connectivity index (χ1) is 11.9. The fourth-order valence-corrected chi connectivity index (χ4v) is 3.24. The normalized spacial score (nSPS) is 15.8. The quantitative estimate of drug-likeness (QED) is 0.841. The Labute approximate surface area is 149 Å². The van der Waals surface area contributed by atoms with Crippen LogP contribution in [0.4, 0.5) is 16.2 Å². The lowest BCUT2D eigenvalue weighted by atomic mass is 10.1.